The number of anilines is 1. The summed E-state index contributed by atoms with van der Waals surface area (Å²) in [6.45, 7) is 2.41. The molecule has 1 fully saturated rings. The Kier molecular flexibility index (Phi) is 5.43. The molecule has 0 unspecified atom stereocenters. The van der Waals surface area contributed by atoms with E-state index in [2.05, 4.69) is 4.90 Å². The third-order valence-electron chi connectivity index (χ3n) is 4.30. The molecule has 0 atom stereocenters. The second-order valence-corrected chi connectivity index (χ2v) is 8.44. The summed E-state index contributed by atoms with van der Waals surface area (Å²) in [4.78, 5) is 2.18. The van der Waals surface area contributed by atoms with Crippen molar-refractivity contribution in [2.45, 2.75) is 6.42 Å². The van der Waals surface area contributed by atoms with Crippen LogP contribution >= 0.6 is 11.6 Å². The predicted octanol–water partition coefficient (Wildman–Crippen LogP) is 3.03. The van der Waals surface area contributed by atoms with E-state index in [1.54, 1.807) is 4.31 Å². The Hall–Kier alpha value is -1.56. The zero-order valence-electron chi connectivity index (χ0n) is 13.4. The molecule has 6 heteroatoms. The maximum absolute atomic E-state index is 12.5. The average Bonchev–Trinajstić information content (AvgIpc) is 2.61. The van der Waals surface area contributed by atoms with Crippen LogP contribution in [0.2, 0.25) is 5.02 Å². The van der Waals surface area contributed by atoms with Gasteiger partial charge in [-0.05, 0) is 30.2 Å². The van der Waals surface area contributed by atoms with Crippen LogP contribution in [0.15, 0.2) is 54.6 Å². The number of sulfonamides is 1. The van der Waals surface area contributed by atoms with Gasteiger partial charge in [0, 0.05) is 36.9 Å². The summed E-state index contributed by atoms with van der Waals surface area (Å²) < 4.78 is 26.7. The van der Waals surface area contributed by atoms with Gasteiger partial charge in [-0.3, -0.25) is 0 Å². The fraction of sp³-hybridized carbons (Fsp3) is 0.333. The number of rotatable bonds is 5. The molecule has 0 amide bonds. The second-order valence-electron chi connectivity index (χ2n) is 5.92. The van der Waals surface area contributed by atoms with Crippen LogP contribution in [0.5, 0.6) is 0 Å². The van der Waals surface area contributed by atoms with Crippen molar-refractivity contribution in [3.63, 3.8) is 0 Å². The highest BCUT2D eigenvalue weighted by Crippen LogP contribution is 2.21. The van der Waals surface area contributed by atoms with Gasteiger partial charge in [-0.15, -0.1) is 0 Å². The van der Waals surface area contributed by atoms with Gasteiger partial charge in [0.25, 0.3) is 0 Å². The maximum atomic E-state index is 12.5. The molecule has 0 aliphatic carbocycles. The maximum Gasteiger partial charge on any atom is 0.214 e. The van der Waals surface area contributed by atoms with Gasteiger partial charge in [-0.1, -0.05) is 48.0 Å². The van der Waals surface area contributed by atoms with Gasteiger partial charge < -0.3 is 4.90 Å². The van der Waals surface area contributed by atoms with Gasteiger partial charge in [-0.2, -0.15) is 4.31 Å². The average molecular weight is 365 g/mol. The van der Waals surface area contributed by atoms with E-state index < -0.39 is 10.0 Å². The molecule has 1 heterocycles. The van der Waals surface area contributed by atoms with Gasteiger partial charge in [0.2, 0.25) is 10.0 Å². The Morgan fingerprint density at radius 2 is 1.62 bits per heavy atom. The zero-order valence-corrected chi connectivity index (χ0v) is 15.0. The van der Waals surface area contributed by atoms with Crippen LogP contribution in [-0.2, 0) is 16.4 Å². The molecule has 1 aliphatic rings. The molecule has 0 saturated carbocycles. The number of halogens is 1. The lowest BCUT2D eigenvalue weighted by Gasteiger charge is -2.35. The molecule has 0 aromatic heterocycles. The number of piperazine rings is 1. The van der Waals surface area contributed by atoms with Crippen LogP contribution in [-0.4, -0.2) is 44.7 Å². The lowest BCUT2D eigenvalue weighted by molar-refractivity contribution is 0.385. The van der Waals surface area contributed by atoms with E-state index in [-0.39, 0.29) is 5.75 Å². The smallest absolute Gasteiger partial charge is 0.214 e. The van der Waals surface area contributed by atoms with Gasteiger partial charge in [0.05, 0.1) is 5.75 Å². The fourth-order valence-corrected chi connectivity index (χ4v) is 4.57. The Morgan fingerprint density at radius 3 is 2.29 bits per heavy atom. The molecule has 1 saturated heterocycles. The molecule has 0 N–H and O–H groups in total. The Bertz CT molecular complexity index is 773. The quantitative estimate of drug-likeness (QED) is 0.818. The fourth-order valence-electron chi connectivity index (χ4n) is 2.92. The molecule has 2 aromatic rings. The van der Waals surface area contributed by atoms with Crippen molar-refractivity contribution >= 4 is 27.3 Å². The summed E-state index contributed by atoms with van der Waals surface area (Å²) in [5, 5.41) is 0.699. The van der Waals surface area contributed by atoms with Crippen LogP contribution in [0.25, 0.3) is 0 Å². The van der Waals surface area contributed by atoms with Crippen LogP contribution in [0, 0.1) is 0 Å². The molecule has 128 valence electrons. The Labute approximate surface area is 148 Å². The Morgan fingerprint density at radius 1 is 0.917 bits per heavy atom. The Balaban J connectivity index is 1.57. The van der Waals surface area contributed by atoms with E-state index in [4.69, 9.17) is 11.6 Å². The minimum atomic E-state index is -3.21. The van der Waals surface area contributed by atoms with Crippen molar-refractivity contribution in [2.75, 3.05) is 36.8 Å². The van der Waals surface area contributed by atoms with Crippen LogP contribution in [0.1, 0.15) is 5.56 Å². The van der Waals surface area contributed by atoms with E-state index in [0.29, 0.717) is 37.6 Å². The lowest BCUT2D eigenvalue weighted by Crippen LogP contribution is -2.49. The second kappa shape index (κ2) is 7.55. The summed E-state index contributed by atoms with van der Waals surface area (Å²) in [6, 6.07) is 17.4. The summed E-state index contributed by atoms with van der Waals surface area (Å²) in [5.41, 5.74) is 2.10. The number of hydrogen-bond donors (Lipinski definition) is 0. The number of benzene rings is 2. The molecular weight excluding hydrogens is 344 g/mol. The molecule has 0 radical (unpaired) electrons. The van der Waals surface area contributed by atoms with Crippen molar-refractivity contribution in [1.29, 1.82) is 0 Å². The first-order chi connectivity index (χ1) is 11.5. The molecule has 0 bridgehead atoms. The SMILES string of the molecule is O=S(=O)(CCc1ccccc1)N1CCN(c2cccc(Cl)c2)CC1. The van der Waals surface area contributed by atoms with Crippen LogP contribution < -0.4 is 4.90 Å². The highest BCUT2D eigenvalue weighted by Gasteiger charge is 2.26. The highest BCUT2D eigenvalue weighted by atomic mass is 35.5. The third kappa shape index (κ3) is 4.29. The zero-order chi connectivity index (χ0) is 17.0. The van der Waals surface area contributed by atoms with E-state index in [1.165, 1.54) is 0 Å². The summed E-state index contributed by atoms with van der Waals surface area (Å²) in [6.07, 6.45) is 0.553. The monoisotopic (exact) mass is 364 g/mol. The van der Waals surface area contributed by atoms with Crippen molar-refractivity contribution in [1.82, 2.24) is 4.31 Å². The van der Waals surface area contributed by atoms with E-state index in [0.717, 1.165) is 11.3 Å². The largest absolute Gasteiger partial charge is 0.369 e. The van der Waals surface area contributed by atoms with Crippen molar-refractivity contribution in [2.24, 2.45) is 0 Å². The molecule has 4 nitrogen and oxygen atoms in total. The minimum Gasteiger partial charge on any atom is -0.369 e. The van der Waals surface area contributed by atoms with E-state index >= 15 is 0 Å². The van der Waals surface area contributed by atoms with Gasteiger partial charge >= 0.3 is 0 Å². The number of hydrogen-bond acceptors (Lipinski definition) is 3. The first-order valence-electron chi connectivity index (χ1n) is 8.07. The number of aryl methyl sites for hydroxylation is 1. The van der Waals surface area contributed by atoms with Crippen molar-refractivity contribution in [3.8, 4) is 0 Å². The first kappa shape index (κ1) is 17.3. The van der Waals surface area contributed by atoms with E-state index in [1.807, 2.05) is 54.6 Å². The molecule has 2 aromatic carbocycles. The molecule has 3 rings (SSSR count). The highest BCUT2D eigenvalue weighted by molar-refractivity contribution is 7.89. The number of nitrogens with zero attached hydrogens (tertiary/aromatic N) is 2. The van der Waals surface area contributed by atoms with Gasteiger partial charge in [-0.25, -0.2) is 8.42 Å². The van der Waals surface area contributed by atoms with Crippen LogP contribution in [0.3, 0.4) is 0 Å². The van der Waals surface area contributed by atoms with E-state index in [9.17, 15) is 8.42 Å². The molecular formula is C18H21ClN2O2S. The summed E-state index contributed by atoms with van der Waals surface area (Å²) >= 11 is 6.03. The van der Waals surface area contributed by atoms with Gasteiger partial charge in [0.1, 0.15) is 0 Å². The van der Waals surface area contributed by atoms with Crippen molar-refractivity contribution < 1.29 is 8.42 Å². The predicted molar refractivity (Wildman–Crippen MR) is 99.2 cm³/mol. The lowest BCUT2D eigenvalue weighted by atomic mass is 10.2. The summed E-state index contributed by atoms with van der Waals surface area (Å²) in [7, 11) is -3.21. The minimum absolute atomic E-state index is 0.161. The van der Waals surface area contributed by atoms with Gasteiger partial charge in [0.15, 0.2) is 0 Å². The third-order valence-corrected chi connectivity index (χ3v) is 6.40. The van der Waals surface area contributed by atoms with Crippen LogP contribution in [0.4, 0.5) is 5.69 Å². The van der Waals surface area contributed by atoms with Crippen molar-refractivity contribution in [3.05, 3.63) is 65.2 Å². The normalized spacial score (nSPS) is 16.3. The molecule has 24 heavy (non-hydrogen) atoms. The topological polar surface area (TPSA) is 40.6 Å². The summed E-state index contributed by atoms with van der Waals surface area (Å²) in [5.74, 6) is 0.161. The molecule has 1 aliphatic heterocycles. The first-order valence-corrected chi connectivity index (χ1v) is 10.1. The molecule has 0 spiro atoms. The standard InChI is InChI=1S/C18H21ClN2O2S/c19-17-7-4-8-18(15-17)20-10-12-21(13-11-20)24(22,23)14-9-16-5-2-1-3-6-16/h1-8,15H,9-14H2.